The number of phenolic OH excluding ortho intramolecular Hbond substituents is 1. The van der Waals surface area contributed by atoms with Crippen molar-refractivity contribution >= 4 is 5.91 Å². The van der Waals surface area contributed by atoms with Gasteiger partial charge in [0.25, 0.3) is 5.91 Å². The number of carbonyl (C=O) groups is 1. The molecule has 1 aromatic rings. The molecular formula is C14H21NO2. The lowest BCUT2D eigenvalue weighted by atomic mass is 10.1. The van der Waals surface area contributed by atoms with E-state index in [0.717, 1.165) is 12.0 Å². The van der Waals surface area contributed by atoms with Crippen LogP contribution in [0, 0.1) is 12.8 Å². The van der Waals surface area contributed by atoms with Gasteiger partial charge in [-0.15, -0.1) is 0 Å². The van der Waals surface area contributed by atoms with Gasteiger partial charge in [0.05, 0.1) is 5.56 Å². The number of aromatic hydroxyl groups is 1. The van der Waals surface area contributed by atoms with Crippen LogP contribution in [0.15, 0.2) is 18.2 Å². The monoisotopic (exact) mass is 235 g/mol. The third-order valence-electron chi connectivity index (χ3n) is 3.01. The van der Waals surface area contributed by atoms with Crippen molar-refractivity contribution in [1.29, 1.82) is 0 Å². The Bertz CT molecular complexity index is 401. The summed E-state index contributed by atoms with van der Waals surface area (Å²) in [4.78, 5) is 13.8. The van der Waals surface area contributed by atoms with Crippen molar-refractivity contribution in [3.05, 3.63) is 29.3 Å². The van der Waals surface area contributed by atoms with Crippen LogP contribution < -0.4 is 0 Å². The Morgan fingerprint density at radius 1 is 1.47 bits per heavy atom. The summed E-state index contributed by atoms with van der Waals surface area (Å²) in [5.41, 5.74) is 1.32. The molecule has 0 aliphatic carbocycles. The highest BCUT2D eigenvalue weighted by Crippen LogP contribution is 2.20. The third kappa shape index (κ3) is 3.48. The zero-order valence-corrected chi connectivity index (χ0v) is 11.0. The molecule has 0 aliphatic heterocycles. The number of hydrogen-bond acceptors (Lipinski definition) is 2. The molecule has 1 aromatic carbocycles. The van der Waals surface area contributed by atoms with Crippen molar-refractivity contribution in [2.45, 2.75) is 27.2 Å². The van der Waals surface area contributed by atoms with Gasteiger partial charge in [0.15, 0.2) is 0 Å². The maximum atomic E-state index is 12.1. The summed E-state index contributed by atoms with van der Waals surface area (Å²) in [6.07, 6.45) is 1.04. The highest BCUT2D eigenvalue weighted by atomic mass is 16.3. The van der Waals surface area contributed by atoms with Crippen LogP contribution in [-0.2, 0) is 0 Å². The fraction of sp³-hybridized carbons (Fsp3) is 0.500. The topological polar surface area (TPSA) is 40.5 Å². The van der Waals surface area contributed by atoms with Crippen LogP contribution in [0.25, 0.3) is 0 Å². The summed E-state index contributed by atoms with van der Waals surface area (Å²) < 4.78 is 0. The number of phenols is 1. The van der Waals surface area contributed by atoms with Gasteiger partial charge in [-0.2, -0.15) is 0 Å². The van der Waals surface area contributed by atoms with Gasteiger partial charge in [0.1, 0.15) is 5.75 Å². The molecule has 0 fully saturated rings. The van der Waals surface area contributed by atoms with Crippen LogP contribution in [0.1, 0.15) is 36.2 Å². The second-order valence-corrected chi connectivity index (χ2v) is 4.72. The van der Waals surface area contributed by atoms with E-state index in [1.54, 1.807) is 24.1 Å². The van der Waals surface area contributed by atoms with Gasteiger partial charge in [0, 0.05) is 13.6 Å². The van der Waals surface area contributed by atoms with Crippen LogP contribution in [0.4, 0.5) is 0 Å². The van der Waals surface area contributed by atoms with Crippen LogP contribution >= 0.6 is 0 Å². The van der Waals surface area contributed by atoms with Crippen molar-refractivity contribution < 1.29 is 9.90 Å². The molecule has 94 valence electrons. The van der Waals surface area contributed by atoms with Crippen molar-refractivity contribution in [2.24, 2.45) is 5.92 Å². The first-order chi connectivity index (χ1) is 7.95. The average molecular weight is 235 g/mol. The molecule has 0 saturated heterocycles. The summed E-state index contributed by atoms with van der Waals surface area (Å²) in [7, 11) is 1.77. The van der Waals surface area contributed by atoms with E-state index in [1.807, 2.05) is 13.0 Å². The van der Waals surface area contributed by atoms with E-state index in [9.17, 15) is 9.90 Å². The predicted octanol–water partition coefficient (Wildman–Crippen LogP) is 2.82. The number of hydrogen-bond donors (Lipinski definition) is 1. The molecule has 3 nitrogen and oxygen atoms in total. The molecule has 0 aromatic heterocycles. The third-order valence-corrected chi connectivity index (χ3v) is 3.01. The van der Waals surface area contributed by atoms with Gasteiger partial charge in [-0.05, 0) is 30.5 Å². The van der Waals surface area contributed by atoms with Crippen molar-refractivity contribution in [3.8, 4) is 5.75 Å². The van der Waals surface area contributed by atoms with Crippen LogP contribution in [0.3, 0.4) is 0 Å². The summed E-state index contributed by atoms with van der Waals surface area (Å²) in [6.45, 7) is 6.81. The van der Waals surface area contributed by atoms with Crippen LogP contribution in [0.5, 0.6) is 5.75 Å². The largest absolute Gasteiger partial charge is 0.507 e. The molecule has 1 atom stereocenters. The zero-order chi connectivity index (χ0) is 13.0. The number of benzene rings is 1. The van der Waals surface area contributed by atoms with E-state index in [2.05, 4.69) is 13.8 Å². The molecule has 1 rings (SSSR count). The molecule has 3 heteroatoms. The lowest BCUT2D eigenvalue weighted by molar-refractivity contribution is 0.0772. The van der Waals surface area contributed by atoms with E-state index in [0.29, 0.717) is 18.0 Å². The van der Waals surface area contributed by atoms with E-state index >= 15 is 0 Å². The second kappa shape index (κ2) is 5.71. The Morgan fingerprint density at radius 2 is 2.12 bits per heavy atom. The highest BCUT2D eigenvalue weighted by Gasteiger charge is 2.16. The number of carbonyl (C=O) groups excluding carboxylic acids is 1. The Balaban J connectivity index is 2.81. The van der Waals surface area contributed by atoms with Gasteiger partial charge in [0.2, 0.25) is 0 Å². The molecule has 0 bridgehead atoms. The summed E-state index contributed by atoms with van der Waals surface area (Å²) in [5, 5.41) is 9.75. The van der Waals surface area contributed by atoms with Crippen molar-refractivity contribution in [3.63, 3.8) is 0 Å². The fourth-order valence-electron chi connectivity index (χ4n) is 1.71. The number of nitrogens with zero attached hydrogens (tertiary/aromatic N) is 1. The molecule has 0 radical (unpaired) electrons. The molecule has 0 aliphatic rings. The SMILES string of the molecule is CCC(C)CN(C)C(=O)c1ccc(C)cc1O. The summed E-state index contributed by atoms with van der Waals surface area (Å²) in [5.74, 6) is 0.408. The number of rotatable bonds is 4. The minimum atomic E-state index is -0.122. The van der Waals surface area contributed by atoms with Crippen molar-refractivity contribution in [2.75, 3.05) is 13.6 Å². The van der Waals surface area contributed by atoms with Gasteiger partial charge in [-0.1, -0.05) is 26.3 Å². The number of amides is 1. The van der Waals surface area contributed by atoms with Gasteiger partial charge >= 0.3 is 0 Å². The molecule has 1 N–H and O–H groups in total. The first-order valence-electron chi connectivity index (χ1n) is 6.00. The lowest BCUT2D eigenvalue weighted by Crippen LogP contribution is -2.30. The fourth-order valence-corrected chi connectivity index (χ4v) is 1.71. The standard InChI is InChI=1S/C14H21NO2/c1-5-10(2)9-15(4)14(17)12-7-6-11(3)8-13(12)16/h6-8,10,16H,5,9H2,1-4H3. The Labute approximate surface area is 103 Å². The van der Waals surface area contributed by atoms with E-state index < -0.39 is 0 Å². The number of aryl methyl sites for hydroxylation is 1. The molecular weight excluding hydrogens is 214 g/mol. The first-order valence-corrected chi connectivity index (χ1v) is 6.00. The Kier molecular flexibility index (Phi) is 4.55. The minimum absolute atomic E-state index is 0.0611. The Hall–Kier alpha value is -1.51. The van der Waals surface area contributed by atoms with Gasteiger partial charge in [-0.3, -0.25) is 4.79 Å². The molecule has 0 heterocycles. The minimum Gasteiger partial charge on any atom is -0.507 e. The zero-order valence-electron chi connectivity index (χ0n) is 11.0. The summed E-state index contributed by atoms with van der Waals surface area (Å²) in [6, 6.07) is 5.13. The van der Waals surface area contributed by atoms with Gasteiger partial charge < -0.3 is 10.0 Å². The first kappa shape index (κ1) is 13.6. The molecule has 1 unspecified atom stereocenters. The average Bonchev–Trinajstić information content (AvgIpc) is 2.28. The van der Waals surface area contributed by atoms with E-state index in [-0.39, 0.29) is 11.7 Å². The smallest absolute Gasteiger partial charge is 0.257 e. The van der Waals surface area contributed by atoms with Gasteiger partial charge in [-0.25, -0.2) is 0 Å². The Morgan fingerprint density at radius 3 is 2.65 bits per heavy atom. The lowest BCUT2D eigenvalue weighted by Gasteiger charge is -2.21. The molecule has 17 heavy (non-hydrogen) atoms. The van der Waals surface area contributed by atoms with Crippen LogP contribution in [-0.4, -0.2) is 29.5 Å². The van der Waals surface area contributed by atoms with E-state index in [4.69, 9.17) is 0 Å². The molecule has 1 amide bonds. The van der Waals surface area contributed by atoms with Crippen molar-refractivity contribution in [1.82, 2.24) is 4.90 Å². The molecule has 0 spiro atoms. The maximum Gasteiger partial charge on any atom is 0.257 e. The quantitative estimate of drug-likeness (QED) is 0.871. The highest BCUT2D eigenvalue weighted by molar-refractivity contribution is 5.96. The maximum absolute atomic E-state index is 12.1. The normalized spacial score (nSPS) is 12.2. The molecule has 0 saturated carbocycles. The van der Waals surface area contributed by atoms with Crippen LogP contribution in [0.2, 0.25) is 0 Å². The predicted molar refractivity (Wildman–Crippen MR) is 69.3 cm³/mol. The summed E-state index contributed by atoms with van der Waals surface area (Å²) >= 11 is 0. The second-order valence-electron chi connectivity index (χ2n) is 4.72. The van der Waals surface area contributed by atoms with E-state index in [1.165, 1.54) is 0 Å².